The zero-order valence-corrected chi connectivity index (χ0v) is 26.8. The van der Waals surface area contributed by atoms with Crippen LogP contribution in [0.15, 0.2) is 84.3 Å². The summed E-state index contributed by atoms with van der Waals surface area (Å²) in [5.74, 6) is 0.681. The van der Waals surface area contributed by atoms with Crippen LogP contribution in [0.5, 0.6) is 0 Å². The number of nitrogens with one attached hydrogen (secondary N) is 3. The molecule has 4 aromatic rings. The highest BCUT2D eigenvalue weighted by Crippen LogP contribution is 2.40. The van der Waals surface area contributed by atoms with Crippen LogP contribution in [0.1, 0.15) is 73.7 Å². The Morgan fingerprint density at radius 2 is 1.74 bits per heavy atom. The Bertz CT molecular complexity index is 1550. The maximum absolute atomic E-state index is 12.4. The highest BCUT2D eigenvalue weighted by Gasteiger charge is 2.32. The minimum absolute atomic E-state index is 0.00350. The first kappa shape index (κ1) is 33.3. The highest BCUT2D eigenvalue weighted by molar-refractivity contribution is 7.99. The number of hydrogen-bond donors (Lipinski definition) is 4. The number of aliphatic hydroxyl groups is 1. The molecule has 1 fully saturated rings. The summed E-state index contributed by atoms with van der Waals surface area (Å²) in [4.78, 5) is 27.6. The van der Waals surface area contributed by atoms with Crippen LogP contribution in [0.4, 0.5) is 0 Å². The van der Waals surface area contributed by atoms with Gasteiger partial charge in [0.15, 0.2) is 11.4 Å². The zero-order chi connectivity index (χ0) is 32.1. The largest absolute Gasteiger partial charge is 0.392 e. The quantitative estimate of drug-likeness (QED) is 0.0969. The third kappa shape index (κ3) is 9.98. The van der Waals surface area contributed by atoms with Crippen molar-refractivity contribution in [2.45, 2.75) is 75.8 Å². The molecule has 0 radical (unpaired) electrons. The Morgan fingerprint density at radius 1 is 0.935 bits per heavy atom. The van der Waals surface area contributed by atoms with Gasteiger partial charge in [-0.05, 0) is 52.8 Å². The molecule has 4 N–H and O–H groups in total. The van der Waals surface area contributed by atoms with Crippen molar-refractivity contribution in [2.75, 3.05) is 12.3 Å². The van der Waals surface area contributed by atoms with Crippen molar-refractivity contribution in [3.8, 4) is 11.1 Å². The van der Waals surface area contributed by atoms with Gasteiger partial charge in [-0.1, -0.05) is 78.8 Å². The molecule has 5 rings (SSSR count). The predicted molar refractivity (Wildman–Crippen MR) is 176 cm³/mol. The standard InChI is InChI=1S/C35H41N5O5S/c1-24(42)36-16-4-2-3-11-33(43)37-20-26-7-5-8-28(17-26)29-9-6-10-30(18-29)34-44-31(22-46-35-38-23-39-40-35)19-32(45-34)27-14-12-25(21-41)13-15-27/h5-10,12-15,17-18,23,31-32,34,41H,2-4,11,16,19-22H2,1H3,(H,36,42)(H,37,43)(H,38,39,40)/t31-,32+,34+/m1/s1. The summed E-state index contributed by atoms with van der Waals surface area (Å²) >= 11 is 1.56. The van der Waals surface area contributed by atoms with Crippen LogP contribution in [0.25, 0.3) is 11.1 Å². The van der Waals surface area contributed by atoms with E-state index >= 15 is 0 Å². The summed E-state index contributed by atoms with van der Waals surface area (Å²) in [6.45, 7) is 2.60. The second kappa shape index (κ2) is 17.0. The lowest BCUT2D eigenvalue weighted by atomic mass is 9.99. The fourth-order valence-electron chi connectivity index (χ4n) is 5.32. The van der Waals surface area contributed by atoms with Gasteiger partial charge in [0.25, 0.3) is 0 Å². The third-order valence-electron chi connectivity index (χ3n) is 7.78. The van der Waals surface area contributed by atoms with Crippen molar-refractivity contribution in [1.29, 1.82) is 0 Å². The lowest BCUT2D eigenvalue weighted by Crippen LogP contribution is -2.31. The number of H-pyrrole nitrogens is 1. The average Bonchev–Trinajstić information content (AvgIpc) is 3.62. The first-order chi connectivity index (χ1) is 22.5. The summed E-state index contributed by atoms with van der Waals surface area (Å²) in [7, 11) is 0. The van der Waals surface area contributed by atoms with E-state index < -0.39 is 6.29 Å². The number of hydrogen-bond acceptors (Lipinski definition) is 8. The number of aromatic nitrogens is 3. The number of ether oxygens (including phenoxy) is 2. The molecule has 46 heavy (non-hydrogen) atoms. The second-order valence-corrected chi connectivity index (χ2v) is 12.4. The Labute approximate surface area is 273 Å². The van der Waals surface area contributed by atoms with Gasteiger partial charge in [0.1, 0.15) is 6.33 Å². The van der Waals surface area contributed by atoms with E-state index in [9.17, 15) is 14.7 Å². The van der Waals surface area contributed by atoms with Gasteiger partial charge >= 0.3 is 0 Å². The first-order valence-electron chi connectivity index (χ1n) is 15.7. The Hall–Kier alpha value is -4.03. The van der Waals surface area contributed by atoms with Crippen molar-refractivity contribution >= 4 is 23.6 Å². The van der Waals surface area contributed by atoms with Gasteiger partial charge in [0, 0.05) is 44.2 Å². The van der Waals surface area contributed by atoms with Crippen molar-refractivity contribution in [3.63, 3.8) is 0 Å². The van der Waals surface area contributed by atoms with Crippen molar-refractivity contribution in [2.24, 2.45) is 0 Å². The number of benzene rings is 3. The van der Waals surface area contributed by atoms with Gasteiger partial charge in [-0.15, -0.1) is 0 Å². The molecule has 0 saturated carbocycles. The number of rotatable bonds is 15. The Kier molecular flexibility index (Phi) is 12.4. The third-order valence-corrected chi connectivity index (χ3v) is 8.79. The van der Waals surface area contributed by atoms with Crippen LogP contribution >= 0.6 is 11.8 Å². The molecular weight excluding hydrogens is 602 g/mol. The van der Waals surface area contributed by atoms with E-state index in [0.29, 0.717) is 31.7 Å². The molecule has 0 spiro atoms. The van der Waals surface area contributed by atoms with Gasteiger partial charge < -0.3 is 25.2 Å². The number of aromatic amines is 1. The van der Waals surface area contributed by atoms with Crippen LogP contribution in [-0.4, -0.2) is 50.5 Å². The molecule has 2 heterocycles. The van der Waals surface area contributed by atoms with Gasteiger partial charge in [-0.2, -0.15) is 5.10 Å². The van der Waals surface area contributed by atoms with Crippen LogP contribution < -0.4 is 10.6 Å². The summed E-state index contributed by atoms with van der Waals surface area (Å²) < 4.78 is 13.0. The maximum atomic E-state index is 12.4. The molecule has 10 nitrogen and oxygen atoms in total. The van der Waals surface area contributed by atoms with Gasteiger partial charge in [-0.25, -0.2) is 4.98 Å². The zero-order valence-electron chi connectivity index (χ0n) is 26.0. The average molecular weight is 644 g/mol. The SMILES string of the molecule is CC(=O)NCCCCCC(=O)NCc1cccc(-c2cccc([C@H]3O[C@@H](CSc4ncn[nH]4)C[C@@H](c4ccc(CO)cc4)O3)c2)c1. The lowest BCUT2D eigenvalue weighted by Gasteiger charge is -2.36. The van der Waals surface area contributed by atoms with E-state index in [1.54, 1.807) is 11.8 Å². The topological polar surface area (TPSA) is 138 Å². The fraction of sp³-hybridized carbons (Fsp3) is 0.371. The smallest absolute Gasteiger partial charge is 0.220 e. The molecule has 0 unspecified atom stereocenters. The van der Waals surface area contributed by atoms with E-state index in [0.717, 1.165) is 57.8 Å². The maximum Gasteiger partial charge on any atom is 0.220 e. The minimum atomic E-state index is -0.572. The van der Waals surface area contributed by atoms with Crippen LogP contribution in [0.2, 0.25) is 0 Å². The Morgan fingerprint density at radius 3 is 2.50 bits per heavy atom. The van der Waals surface area contributed by atoms with E-state index in [-0.39, 0.29) is 30.6 Å². The fourth-order valence-corrected chi connectivity index (χ4v) is 6.12. The van der Waals surface area contributed by atoms with Crippen LogP contribution in [0, 0.1) is 0 Å². The number of nitrogens with zero attached hydrogens (tertiary/aromatic N) is 2. The number of thioether (sulfide) groups is 1. The van der Waals surface area contributed by atoms with Crippen LogP contribution in [0.3, 0.4) is 0 Å². The highest BCUT2D eigenvalue weighted by atomic mass is 32.2. The van der Waals surface area contributed by atoms with E-state index in [2.05, 4.69) is 50.1 Å². The molecule has 1 aromatic heterocycles. The lowest BCUT2D eigenvalue weighted by molar-refractivity contribution is -0.245. The van der Waals surface area contributed by atoms with Gasteiger partial charge in [0.05, 0.1) is 18.8 Å². The molecule has 3 aromatic carbocycles. The molecular formula is C35H41N5O5S. The van der Waals surface area contributed by atoms with Crippen LogP contribution in [-0.2, 0) is 32.2 Å². The summed E-state index contributed by atoms with van der Waals surface area (Å²) in [5.41, 5.74) is 5.89. The molecule has 1 saturated heterocycles. The number of unbranched alkanes of at least 4 members (excludes halogenated alkanes) is 2. The number of aliphatic hydroxyl groups excluding tert-OH is 1. The summed E-state index contributed by atoms with van der Waals surface area (Å²) in [5, 5.41) is 22.9. The monoisotopic (exact) mass is 643 g/mol. The second-order valence-electron chi connectivity index (χ2n) is 11.3. The number of carbonyl (C=O) groups excluding carboxylic acids is 2. The van der Waals surface area contributed by atoms with Gasteiger partial charge in [0.2, 0.25) is 11.8 Å². The van der Waals surface area contributed by atoms with Crippen molar-refractivity contribution in [1.82, 2.24) is 25.8 Å². The number of amides is 2. The molecule has 11 heteroatoms. The molecule has 3 atom stereocenters. The van der Waals surface area contributed by atoms with E-state index in [1.807, 2.05) is 48.5 Å². The van der Waals surface area contributed by atoms with E-state index in [1.165, 1.54) is 13.3 Å². The normalized spacial score (nSPS) is 17.8. The molecule has 1 aliphatic heterocycles. The Balaban J connectivity index is 1.23. The predicted octanol–water partition coefficient (Wildman–Crippen LogP) is 5.61. The summed E-state index contributed by atoms with van der Waals surface area (Å²) in [6.07, 6.45) is 4.35. The molecule has 242 valence electrons. The summed E-state index contributed by atoms with van der Waals surface area (Å²) in [6, 6.07) is 24.2. The van der Waals surface area contributed by atoms with Crippen molar-refractivity contribution in [3.05, 3.63) is 101 Å². The molecule has 1 aliphatic rings. The first-order valence-corrected chi connectivity index (χ1v) is 16.6. The van der Waals surface area contributed by atoms with Gasteiger partial charge in [-0.3, -0.25) is 14.7 Å². The minimum Gasteiger partial charge on any atom is -0.392 e. The van der Waals surface area contributed by atoms with Crippen molar-refractivity contribution < 1.29 is 24.2 Å². The molecule has 2 amide bonds. The van der Waals surface area contributed by atoms with E-state index in [4.69, 9.17) is 9.47 Å². The molecule has 0 bridgehead atoms. The molecule has 0 aliphatic carbocycles. The number of carbonyl (C=O) groups is 2.